The zero-order chi connectivity index (χ0) is 16.8. The normalized spacial score (nSPS) is 24.0. The highest BCUT2D eigenvalue weighted by Crippen LogP contribution is 2.18. The molecule has 132 valence electrons. The Balaban J connectivity index is 1.47. The molecule has 3 heterocycles. The first-order chi connectivity index (χ1) is 11.8. The van der Waals surface area contributed by atoms with Gasteiger partial charge in [0.15, 0.2) is 0 Å². The molecule has 6 nitrogen and oxygen atoms in total. The van der Waals surface area contributed by atoms with Crippen molar-refractivity contribution in [3.63, 3.8) is 0 Å². The fraction of sp³-hybridized carbons (Fsp3) is 0.667. The van der Waals surface area contributed by atoms with Crippen LogP contribution in [0.1, 0.15) is 25.3 Å². The van der Waals surface area contributed by atoms with Gasteiger partial charge in [0.2, 0.25) is 5.91 Å². The van der Waals surface area contributed by atoms with Crippen LogP contribution in [-0.4, -0.2) is 72.0 Å². The Morgan fingerprint density at radius 1 is 1.38 bits per heavy atom. The summed E-state index contributed by atoms with van der Waals surface area (Å²) in [5, 5.41) is 6.40. The van der Waals surface area contributed by atoms with Gasteiger partial charge in [-0.1, -0.05) is 13.0 Å². The highest BCUT2D eigenvalue weighted by atomic mass is 16.2. The number of piperidine rings is 1. The molecule has 1 aromatic rings. The lowest BCUT2D eigenvalue weighted by atomic mass is 10.0. The van der Waals surface area contributed by atoms with E-state index < -0.39 is 0 Å². The number of amides is 1. The van der Waals surface area contributed by atoms with Crippen molar-refractivity contribution in [1.82, 2.24) is 25.4 Å². The quantitative estimate of drug-likeness (QED) is 0.821. The topological polar surface area (TPSA) is 60.5 Å². The van der Waals surface area contributed by atoms with Crippen molar-refractivity contribution in [3.05, 3.63) is 30.1 Å². The van der Waals surface area contributed by atoms with E-state index in [1.54, 1.807) is 12.4 Å². The summed E-state index contributed by atoms with van der Waals surface area (Å²) in [6, 6.07) is 4.39. The van der Waals surface area contributed by atoms with Gasteiger partial charge in [0.25, 0.3) is 0 Å². The molecule has 0 spiro atoms. The lowest BCUT2D eigenvalue weighted by Gasteiger charge is -2.42. The maximum absolute atomic E-state index is 12.5. The lowest BCUT2D eigenvalue weighted by Crippen LogP contribution is -2.60. The molecule has 2 fully saturated rings. The Bertz CT molecular complexity index is 515. The predicted molar refractivity (Wildman–Crippen MR) is 94.6 cm³/mol. The van der Waals surface area contributed by atoms with Gasteiger partial charge in [-0.3, -0.25) is 14.7 Å². The lowest BCUT2D eigenvalue weighted by molar-refractivity contribution is -0.124. The number of likely N-dealkylation sites (tertiary alicyclic amines) is 1. The first-order valence-electron chi connectivity index (χ1n) is 9.12. The zero-order valence-corrected chi connectivity index (χ0v) is 14.6. The Morgan fingerprint density at radius 2 is 2.21 bits per heavy atom. The largest absolute Gasteiger partial charge is 0.351 e. The molecule has 2 aliphatic rings. The minimum absolute atomic E-state index is 0.0922. The molecular formula is C18H29N5O. The zero-order valence-electron chi connectivity index (χ0n) is 14.6. The van der Waals surface area contributed by atoms with Crippen LogP contribution in [0.3, 0.4) is 0 Å². The number of carbonyl (C=O) groups excluding carboxylic acids is 1. The maximum Gasteiger partial charge on any atom is 0.238 e. The standard InChI is InChI=1S/C18H29N5O/c1-2-22-9-5-16(6-10-22)23-11-8-20-17(14-23)18(24)21-13-15-4-3-7-19-12-15/h3-4,7,12,16-17,20H,2,5-6,8-11,13-14H2,1H3,(H,21,24). The SMILES string of the molecule is CCN1CCC(N2CCNC(C(=O)NCc3cccnc3)C2)CC1. The minimum Gasteiger partial charge on any atom is -0.351 e. The molecule has 0 aliphatic carbocycles. The molecule has 0 saturated carbocycles. The fourth-order valence-electron chi connectivity index (χ4n) is 3.70. The van der Waals surface area contributed by atoms with E-state index in [4.69, 9.17) is 0 Å². The van der Waals surface area contributed by atoms with Crippen LogP contribution in [0.2, 0.25) is 0 Å². The van der Waals surface area contributed by atoms with Gasteiger partial charge in [-0.15, -0.1) is 0 Å². The molecule has 2 N–H and O–H groups in total. The van der Waals surface area contributed by atoms with E-state index >= 15 is 0 Å². The van der Waals surface area contributed by atoms with Crippen LogP contribution >= 0.6 is 0 Å². The summed E-state index contributed by atoms with van der Waals surface area (Å²) in [6.45, 7) is 9.03. The van der Waals surface area contributed by atoms with E-state index in [9.17, 15) is 4.79 Å². The third-order valence-electron chi connectivity index (χ3n) is 5.23. The van der Waals surface area contributed by atoms with Gasteiger partial charge in [0.1, 0.15) is 0 Å². The first-order valence-corrected chi connectivity index (χ1v) is 9.12. The van der Waals surface area contributed by atoms with Crippen LogP contribution in [0.25, 0.3) is 0 Å². The van der Waals surface area contributed by atoms with Crippen LogP contribution in [0.5, 0.6) is 0 Å². The van der Waals surface area contributed by atoms with Gasteiger partial charge < -0.3 is 15.5 Å². The third-order valence-corrected chi connectivity index (χ3v) is 5.23. The molecule has 1 unspecified atom stereocenters. The minimum atomic E-state index is -0.111. The summed E-state index contributed by atoms with van der Waals surface area (Å²) < 4.78 is 0. The molecular weight excluding hydrogens is 302 g/mol. The summed E-state index contributed by atoms with van der Waals surface area (Å²) in [5.41, 5.74) is 1.03. The molecule has 2 saturated heterocycles. The molecule has 0 bridgehead atoms. The van der Waals surface area contributed by atoms with Gasteiger partial charge in [-0.2, -0.15) is 0 Å². The predicted octanol–water partition coefficient (Wildman–Crippen LogP) is 0.456. The Morgan fingerprint density at radius 3 is 2.92 bits per heavy atom. The second-order valence-corrected chi connectivity index (χ2v) is 6.75. The van der Waals surface area contributed by atoms with Gasteiger partial charge in [0, 0.05) is 44.6 Å². The van der Waals surface area contributed by atoms with Crippen LogP contribution in [-0.2, 0) is 11.3 Å². The van der Waals surface area contributed by atoms with Crippen LogP contribution in [0.15, 0.2) is 24.5 Å². The third kappa shape index (κ3) is 4.53. The number of piperazine rings is 1. The van der Waals surface area contributed by atoms with Crippen molar-refractivity contribution in [3.8, 4) is 0 Å². The van der Waals surface area contributed by atoms with Gasteiger partial charge in [-0.25, -0.2) is 0 Å². The number of pyridine rings is 1. The Labute approximate surface area is 144 Å². The number of rotatable bonds is 5. The second-order valence-electron chi connectivity index (χ2n) is 6.75. The number of carbonyl (C=O) groups is 1. The molecule has 0 radical (unpaired) electrons. The van der Waals surface area contributed by atoms with Gasteiger partial charge >= 0.3 is 0 Å². The number of nitrogens with one attached hydrogen (secondary N) is 2. The Hall–Kier alpha value is -1.50. The molecule has 24 heavy (non-hydrogen) atoms. The van der Waals surface area contributed by atoms with Crippen molar-refractivity contribution in [1.29, 1.82) is 0 Å². The summed E-state index contributed by atoms with van der Waals surface area (Å²) in [7, 11) is 0. The number of hydrogen-bond acceptors (Lipinski definition) is 5. The summed E-state index contributed by atoms with van der Waals surface area (Å²) in [4.78, 5) is 21.6. The van der Waals surface area contributed by atoms with E-state index in [-0.39, 0.29) is 11.9 Å². The van der Waals surface area contributed by atoms with Crippen LogP contribution in [0, 0.1) is 0 Å². The van der Waals surface area contributed by atoms with E-state index in [1.807, 2.05) is 12.1 Å². The first kappa shape index (κ1) is 17.3. The second kappa shape index (κ2) is 8.55. The van der Waals surface area contributed by atoms with Crippen molar-refractivity contribution in [2.24, 2.45) is 0 Å². The van der Waals surface area contributed by atoms with Gasteiger partial charge in [0.05, 0.1) is 6.04 Å². The van der Waals surface area contributed by atoms with Crippen molar-refractivity contribution in [2.75, 3.05) is 39.3 Å². The molecule has 1 aromatic heterocycles. The number of nitrogens with zero attached hydrogens (tertiary/aromatic N) is 3. The average Bonchev–Trinajstić information content (AvgIpc) is 2.67. The van der Waals surface area contributed by atoms with E-state index in [1.165, 1.54) is 25.9 Å². The fourth-order valence-corrected chi connectivity index (χ4v) is 3.70. The van der Waals surface area contributed by atoms with Crippen molar-refractivity contribution in [2.45, 2.75) is 38.4 Å². The highest BCUT2D eigenvalue weighted by Gasteiger charge is 2.31. The maximum atomic E-state index is 12.5. The van der Waals surface area contributed by atoms with E-state index in [2.05, 4.69) is 32.3 Å². The average molecular weight is 331 g/mol. The van der Waals surface area contributed by atoms with Crippen LogP contribution < -0.4 is 10.6 Å². The number of hydrogen-bond donors (Lipinski definition) is 2. The monoisotopic (exact) mass is 331 g/mol. The summed E-state index contributed by atoms with van der Waals surface area (Å²) in [6.07, 6.45) is 5.98. The van der Waals surface area contributed by atoms with Crippen molar-refractivity contribution < 1.29 is 4.79 Å². The van der Waals surface area contributed by atoms with Crippen molar-refractivity contribution >= 4 is 5.91 Å². The van der Waals surface area contributed by atoms with Gasteiger partial charge in [-0.05, 0) is 44.1 Å². The molecule has 3 rings (SSSR count). The molecule has 0 aromatic carbocycles. The number of aromatic nitrogens is 1. The smallest absolute Gasteiger partial charge is 0.238 e. The Kier molecular flexibility index (Phi) is 6.18. The summed E-state index contributed by atoms with van der Waals surface area (Å²) >= 11 is 0. The van der Waals surface area contributed by atoms with E-state index in [0.717, 1.165) is 31.7 Å². The highest BCUT2D eigenvalue weighted by molar-refractivity contribution is 5.82. The molecule has 6 heteroatoms. The summed E-state index contributed by atoms with van der Waals surface area (Å²) in [5.74, 6) is 0.0922. The molecule has 2 aliphatic heterocycles. The molecule has 1 atom stereocenters. The van der Waals surface area contributed by atoms with Crippen LogP contribution in [0.4, 0.5) is 0 Å². The van der Waals surface area contributed by atoms with E-state index in [0.29, 0.717) is 12.6 Å². The molecule has 1 amide bonds.